The Morgan fingerprint density at radius 2 is 1.74 bits per heavy atom. The second kappa shape index (κ2) is 9.04. The fraction of sp³-hybridized carbons (Fsp3) is 0.429. The summed E-state index contributed by atoms with van der Waals surface area (Å²) >= 11 is 1.65. The second-order valence-corrected chi connectivity index (χ2v) is 8.21. The van der Waals surface area contributed by atoms with E-state index in [1.165, 1.54) is 0 Å². The Morgan fingerprint density at radius 3 is 2.33 bits per heavy atom. The van der Waals surface area contributed by atoms with Crippen LogP contribution in [-0.2, 0) is 4.79 Å². The predicted molar refractivity (Wildman–Crippen MR) is 109 cm³/mol. The molecule has 2 N–H and O–H groups in total. The highest BCUT2D eigenvalue weighted by Crippen LogP contribution is 2.27. The Bertz CT molecular complexity index is 738. The van der Waals surface area contributed by atoms with Crippen LogP contribution < -0.4 is 10.6 Å². The van der Waals surface area contributed by atoms with Gasteiger partial charge in [-0.1, -0.05) is 36.4 Å². The third kappa shape index (κ3) is 5.10. The Labute approximate surface area is 164 Å². The number of urea groups is 1. The van der Waals surface area contributed by atoms with Crippen LogP contribution in [-0.4, -0.2) is 36.0 Å². The van der Waals surface area contributed by atoms with Crippen LogP contribution in [0.2, 0.25) is 0 Å². The number of carbonyl (C=O) groups excluding carboxylic acids is 2. The molecule has 0 saturated carbocycles. The minimum Gasteiger partial charge on any atom is -0.344 e. The number of likely N-dealkylation sites (tertiary alicyclic amines) is 1. The van der Waals surface area contributed by atoms with Gasteiger partial charge in [-0.25, -0.2) is 4.79 Å². The fourth-order valence-electron chi connectivity index (χ4n) is 3.36. The van der Waals surface area contributed by atoms with E-state index < -0.39 is 0 Å². The molecule has 1 atom stereocenters. The normalized spacial score (nSPS) is 16.2. The van der Waals surface area contributed by atoms with Crippen LogP contribution in [0.5, 0.6) is 0 Å². The van der Waals surface area contributed by atoms with Crippen LogP contribution in [0.3, 0.4) is 0 Å². The lowest BCUT2D eigenvalue weighted by atomic mass is 9.95. The maximum atomic E-state index is 12.9. The number of hydrogen-bond acceptors (Lipinski definition) is 3. The Kier molecular flexibility index (Phi) is 6.50. The van der Waals surface area contributed by atoms with E-state index in [1.54, 1.807) is 16.2 Å². The second-order valence-electron chi connectivity index (χ2n) is 7.23. The summed E-state index contributed by atoms with van der Waals surface area (Å²) < 4.78 is 0. The highest BCUT2D eigenvalue weighted by molar-refractivity contribution is 7.10. The van der Waals surface area contributed by atoms with Crippen molar-refractivity contribution >= 4 is 23.3 Å². The lowest BCUT2D eigenvalue weighted by molar-refractivity contribution is -0.126. The zero-order chi connectivity index (χ0) is 19.2. The van der Waals surface area contributed by atoms with Gasteiger partial charge < -0.3 is 15.5 Å². The van der Waals surface area contributed by atoms with Gasteiger partial charge >= 0.3 is 6.03 Å². The average Bonchev–Trinajstić information content (AvgIpc) is 3.20. The molecule has 1 aliphatic heterocycles. The number of hydrogen-bond donors (Lipinski definition) is 2. The molecular formula is C21H27N3O2S. The zero-order valence-corrected chi connectivity index (χ0v) is 16.7. The van der Waals surface area contributed by atoms with Gasteiger partial charge in [-0.3, -0.25) is 4.79 Å². The molecule has 27 heavy (non-hydrogen) atoms. The molecule has 144 valence electrons. The van der Waals surface area contributed by atoms with E-state index in [9.17, 15) is 9.59 Å². The van der Waals surface area contributed by atoms with Gasteiger partial charge in [-0.05, 0) is 43.7 Å². The smallest absolute Gasteiger partial charge is 0.317 e. The van der Waals surface area contributed by atoms with Crippen LogP contribution in [0, 0.1) is 5.92 Å². The monoisotopic (exact) mass is 385 g/mol. The van der Waals surface area contributed by atoms with Crippen molar-refractivity contribution in [3.05, 3.63) is 58.3 Å². The molecule has 2 aromatic rings. The van der Waals surface area contributed by atoms with Crippen molar-refractivity contribution in [2.24, 2.45) is 5.92 Å². The van der Waals surface area contributed by atoms with E-state index >= 15 is 0 Å². The van der Waals surface area contributed by atoms with E-state index in [0.29, 0.717) is 25.9 Å². The molecule has 1 aromatic heterocycles. The molecule has 6 heteroatoms. The summed E-state index contributed by atoms with van der Waals surface area (Å²) in [6.07, 6.45) is 1.40. The SMILES string of the molecule is CC(C)NC(=O)N1CCC(C(=O)NC(c2ccccc2)c2cccs2)CC1. The molecule has 1 unspecified atom stereocenters. The maximum absolute atomic E-state index is 12.9. The lowest BCUT2D eigenvalue weighted by Gasteiger charge is -2.32. The highest BCUT2D eigenvalue weighted by atomic mass is 32.1. The quantitative estimate of drug-likeness (QED) is 0.823. The van der Waals surface area contributed by atoms with E-state index in [1.807, 2.05) is 55.6 Å². The van der Waals surface area contributed by atoms with Crippen molar-refractivity contribution in [1.29, 1.82) is 0 Å². The molecule has 0 radical (unpaired) electrons. The topological polar surface area (TPSA) is 61.4 Å². The first kappa shape index (κ1) is 19.4. The number of nitrogens with one attached hydrogen (secondary N) is 2. The van der Waals surface area contributed by atoms with Crippen molar-refractivity contribution in [1.82, 2.24) is 15.5 Å². The molecule has 0 spiro atoms. The van der Waals surface area contributed by atoms with Crippen molar-refractivity contribution in [2.75, 3.05) is 13.1 Å². The van der Waals surface area contributed by atoms with Crippen LogP contribution in [0.1, 0.15) is 43.2 Å². The van der Waals surface area contributed by atoms with Crippen molar-refractivity contribution < 1.29 is 9.59 Å². The number of nitrogens with zero attached hydrogens (tertiary/aromatic N) is 1. The first-order chi connectivity index (χ1) is 13.0. The van der Waals surface area contributed by atoms with Crippen molar-refractivity contribution in [3.63, 3.8) is 0 Å². The van der Waals surface area contributed by atoms with Crippen LogP contribution in [0.4, 0.5) is 4.79 Å². The molecule has 3 rings (SSSR count). The van der Waals surface area contributed by atoms with Crippen LogP contribution >= 0.6 is 11.3 Å². The van der Waals surface area contributed by atoms with Gasteiger partial charge in [0.05, 0.1) is 6.04 Å². The van der Waals surface area contributed by atoms with E-state index in [0.717, 1.165) is 10.4 Å². The number of amides is 3. The van der Waals surface area contributed by atoms with E-state index in [4.69, 9.17) is 0 Å². The lowest BCUT2D eigenvalue weighted by Crippen LogP contribution is -2.48. The molecule has 0 aliphatic carbocycles. The van der Waals surface area contributed by atoms with Gasteiger partial charge in [0.1, 0.15) is 0 Å². The molecule has 5 nitrogen and oxygen atoms in total. The number of rotatable bonds is 5. The molecule has 1 saturated heterocycles. The number of carbonyl (C=O) groups is 2. The molecular weight excluding hydrogens is 358 g/mol. The third-order valence-electron chi connectivity index (χ3n) is 4.81. The number of piperidine rings is 1. The van der Waals surface area contributed by atoms with Gasteiger partial charge in [-0.15, -0.1) is 11.3 Å². The Morgan fingerprint density at radius 1 is 1.04 bits per heavy atom. The van der Waals surface area contributed by atoms with Gasteiger partial charge in [0.15, 0.2) is 0 Å². The minimum atomic E-state index is -0.124. The van der Waals surface area contributed by atoms with Gasteiger partial charge in [0.2, 0.25) is 5.91 Å². The van der Waals surface area contributed by atoms with Crippen LogP contribution in [0.25, 0.3) is 0 Å². The summed E-state index contributed by atoms with van der Waals surface area (Å²) in [5.74, 6) is 0.0143. The summed E-state index contributed by atoms with van der Waals surface area (Å²) in [7, 11) is 0. The molecule has 1 aliphatic rings. The molecule has 1 aromatic carbocycles. The van der Waals surface area contributed by atoms with Gasteiger partial charge in [0, 0.05) is 29.9 Å². The average molecular weight is 386 g/mol. The van der Waals surface area contributed by atoms with Gasteiger partial charge in [0.25, 0.3) is 0 Å². The number of benzene rings is 1. The molecule has 1 fully saturated rings. The third-order valence-corrected chi connectivity index (χ3v) is 5.75. The largest absolute Gasteiger partial charge is 0.344 e. The maximum Gasteiger partial charge on any atom is 0.317 e. The minimum absolute atomic E-state index is 0.0374. The summed E-state index contributed by atoms with van der Waals surface area (Å²) in [6, 6.07) is 14.1. The summed E-state index contributed by atoms with van der Waals surface area (Å²) in [6.45, 7) is 5.13. The summed E-state index contributed by atoms with van der Waals surface area (Å²) in [5.41, 5.74) is 1.09. The molecule has 3 amide bonds. The van der Waals surface area contributed by atoms with E-state index in [-0.39, 0.29) is 29.9 Å². The van der Waals surface area contributed by atoms with Crippen molar-refractivity contribution in [2.45, 2.75) is 38.8 Å². The molecule has 0 bridgehead atoms. The first-order valence-corrected chi connectivity index (χ1v) is 10.4. The number of thiophene rings is 1. The standard InChI is InChI=1S/C21H27N3O2S/c1-15(2)22-21(26)24-12-10-17(11-13-24)20(25)23-19(18-9-6-14-27-18)16-7-4-3-5-8-16/h3-9,14-15,17,19H,10-13H2,1-2H3,(H,22,26)(H,23,25). The summed E-state index contributed by atoms with van der Waals surface area (Å²) in [5, 5.41) is 8.18. The predicted octanol–water partition coefficient (Wildman–Crippen LogP) is 3.78. The highest BCUT2D eigenvalue weighted by Gasteiger charge is 2.29. The van der Waals surface area contributed by atoms with E-state index in [2.05, 4.69) is 16.7 Å². The molecule has 2 heterocycles. The van der Waals surface area contributed by atoms with Gasteiger partial charge in [-0.2, -0.15) is 0 Å². The Balaban J connectivity index is 1.61. The van der Waals surface area contributed by atoms with Crippen molar-refractivity contribution in [3.8, 4) is 0 Å². The Hall–Kier alpha value is -2.34. The first-order valence-electron chi connectivity index (χ1n) is 9.48. The van der Waals surface area contributed by atoms with Crippen LogP contribution in [0.15, 0.2) is 47.8 Å². The fourth-order valence-corrected chi connectivity index (χ4v) is 4.17. The summed E-state index contributed by atoms with van der Waals surface area (Å²) in [4.78, 5) is 28.0. The zero-order valence-electron chi connectivity index (χ0n) is 15.9.